The SMILES string of the molecule is COc1ccc2cc(S(=O)(=O)Nc3nnc(SCC(C)C)s3)ccc2c1. The van der Waals surface area contributed by atoms with Crippen molar-refractivity contribution in [1.82, 2.24) is 10.2 Å². The topological polar surface area (TPSA) is 81.2 Å². The van der Waals surface area contributed by atoms with Gasteiger partial charge in [-0.3, -0.25) is 4.72 Å². The number of anilines is 1. The fraction of sp³-hybridized carbons (Fsp3) is 0.294. The first-order valence-electron chi connectivity index (χ1n) is 7.94. The van der Waals surface area contributed by atoms with Crippen molar-refractivity contribution in [1.29, 1.82) is 0 Å². The minimum Gasteiger partial charge on any atom is -0.497 e. The van der Waals surface area contributed by atoms with Crippen LogP contribution in [0.4, 0.5) is 5.13 Å². The van der Waals surface area contributed by atoms with Gasteiger partial charge >= 0.3 is 0 Å². The largest absolute Gasteiger partial charge is 0.497 e. The highest BCUT2D eigenvalue weighted by Crippen LogP contribution is 2.29. The molecule has 0 saturated heterocycles. The summed E-state index contributed by atoms with van der Waals surface area (Å²) in [6.45, 7) is 4.24. The van der Waals surface area contributed by atoms with Crippen molar-refractivity contribution < 1.29 is 13.2 Å². The van der Waals surface area contributed by atoms with Crippen LogP contribution in [0, 0.1) is 5.92 Å². The Balaban J connectivity index is 1.80. The summed E-state index contributed by atoms with van der Waals surface area (Å²) in [6.07, 6.45) is 0. The van der Waals surface area contributed by atoms with E-state index in [4.69, 9.17) is 4.74 Å². The highest BCUT2D eigenvalue weighted by atomic mass is 32.2. The molecule has 0 amide bonds. The van der Waals surface area contributed by atoms with E-state index < -0.39 is 10.0 Å². The molecule has 26 heavy (non-hydrogen) atoms. The quantitative estimate of drug-likeness (QED) is 0.588. The lowest BCUT2D eigenvalue weighted by Crippen LogP contribution is -2.12. The summed E-state index contributed by atoms with van der Waals surface area (Å²) < 4.78 is 33.7. The molecule has 9 heteroatoms. The van der Waals surface area contributed by atoms with Crippen LogP contribution in [0.5, 0.6) is 5.75 Å². The van der Waals surface area contributed by atoms with E-state index >= 15 is 0 Å². The molecule has 3 aromatic rings. The Labute approximate surface area is 161 Å². The van der Waals surface area contributed by atoms with E-state index in [2.05, 4.69) is 28.8 Å². The predicted molar refractivity (Wildman–Crippen MR) is 107 cm³/mol. The summed E-state index contributed by atoms with van der Waals surface area (Å²) >= 11 is 2.81. The van der Waals surface area contributed by atoms with E-state index in [1.807, 2.05) is 12.1 Å². The number of rotatable bonds is 7. The molecule has 0 unspecified atom stereocenters. The number of hydrogen-bond acceptors (Lipinski definition) is 7. The smallest absolute Gasteiger partial charge is 0.263 e. The zero-order valence-corrected chi connectivity index (χ0v) is 17.0. The van der Waals surface area contributed by atoms with Gasteiger partial charge in [-0.2, -0.15) is 0 Å². The van der Waals surface area contributed by atoms with E-state index in [0.29, 0.717) is 5.92 Å². The summed E-state index contributed by atoms with van der Waals surface area (Å²) in [7, 11) is -2.12. The van der Waals surface area contributed by atoms with E-state index in [0.717, 1.165) is 26.6 Å². The highest BCUT2D eigenvalue weighted by Gasteiger charge is 2.17. The Morgan fingerprint density at radius 2 is 1.88 bits per heavy atom. The number of nitrogens with zero attached hydrogens (tertiary/aromatic N) is 2. The van der Waals surface area contributed by atoms with Gasteiger partial charge < -0.3 is 4.74 Å². The normalized spacial score (nSPS) is 11.8. The Morgan fingerprint density at radius 3 is 2.62 bits per heavy atom. The van der Waals surface area contributed by atoms with Crippen LogP contribution in [-0.4, -0.2) is 31.5 Å². The Kier molecular flexibility index (Phi) is 5.69. The number of hydrogen-bond donors (Lipinski definition) is 1. The van der Waals surface area contributed by atoms with Crippen LogP contribution >= 0.6 is 23.1 Å². The molecule has 0 spiro atoms. The second-order valence-corrected chi connectivity index (χ2v) is 9.99. The van der Waals surface area contributed by atoms with Gasteiger partial charge in [0.05, 0.1) is 12.0 Å². The van der Waals surface area contributed by atoms with Gasteiger partial charge in [-0.15, -0.1) is 10.2 Å². The lowest BCUT2D eigenvalue weighted by Gasteiger charge is -2.07. The van der Waals surface area contributed by atoms with Crippen LogP contribution in [0.2, 0.25) is 0 Å². The maximum absolute atomic E-state index is 12.6. The zero-order valence-electron chi connectivity index (χ0n) is 14.6. The first-order valence-corrected chi connectivity index (χ1v) is 11.2. The van der Waals surface area contributed by atoms with Crippen molar-refractivity contribution in [3.8, 4) is 5.75 Å². The molecule has 0 bridgehead atoms. The Bertz CT molecular complexity index is 1020. The fourth-order valence-corrected chi connectivity index (χ4v) is 5.21. The number of methoxy groups -OCH3 is 1. The van der Waals surface area contributed by atoms with Crippen LogP contribution < -0.4 is 9.46 Å². The maximum atomic E-state index is 12.6. The molecule has 1 heterocycles. The minimum atomic E-state index is -3.72. The third-order valence-corrected chi connectivity index (χ3v) is 7.36. The molecular formula is C17H19N3O3S3. The molecule has 138 valence electrons. The third kappa shape index (κ3) is 4.46. The molecule has 0 aliphatic carbocycles. The molecule has 0 radical (unpaired) electrons. The van der Waals surface area contributed by atoms with Gasteiger partial charge in [0.25, 0.3) is 10.0 Å². The van der Waals surface area contributed by atoms with Crippen molar-refractivity contribution in [2.45, 2.75) is 23.1 Å². The van der Waals surface area contributed by atoms with Gasteiger partial charge in [-0.25, -0.2) is 8.42 Å². The first kappa shape index (κ1) is 18.9. The summed E-state index contributed by atoms with van der Waals surface area (Å²) in [5, 5.41) is 9.95. The number of aromatic nitrogens is 2. The predicted octanol–water partition coefficient (Wildman–Crippen LogP) is 4.25. The fourth-order valence-electron chi connectivity index (χ4n) is 2.22. The Hall–Kier alpha value is -1.84. The average molecular weight is 410 g/mol. The number of fused-ring (bicyclic) bond motifs is 1. The third-order valence-electron chi connectivity index (χ3n) is 3.50. The molecule has 0 aliphatic heterocycles. The summed E-state index contributed by atoms with van der Waals surface area (Å²) in [5.74, 6) is 2.17. The standard InChI is InChI=1S/C17H19N3O3S3/c1-11(2)10-24-17-19-18-16(25-17)20-26(21,22)15-7-5-12-8-14(23-3)6-4-13(12)9-15/h4-9,11H,10H2,1-3H3,(H,18,20). The molecule has 0 fully saturated rings. The van der Waals surface area contributed by atoms with E-state index in [1.54, 1.807) is 43.1 Å². The Morgan fingerprint density at radius 1 is 1.15 bits per heavy atom. The average Bonchev–Trinajstić information content (AvgIpc) is 3.05. The molecule has 3 rings (SSSR count). The van der Waals surface area contributed by atoms with Gasteiger partial charge in [0.2, 0.25) is 5.13 Å². The second-order valence-electron chi connectivity index (χ2n) is 6.06. The maximum Gasteiger partial charge on any atom is 0.263 e. The summed E-state index contributed by atoms with van der Waals surface area (Å²) in [6, 6.07) is 10.5. The number of ether oxygens (including phenoxy) is 1. The molecule has 1 N–H and O–H groups in total. The molecular weight excluding hydrogens is 390 g/mol. The first-order chi connectivity index (χ1) is 12.4. The second kappa shape index (κ2) is 7.81. The van der Waals surface area contributed by atoms with Crippen molar-refractivity contribution in [3.63, 3.8) is 0 Å². The van der Waals surface area contributed by atoms with E-state index in [-0.39, 0.29) is 10.0 Å². The van der Waals surface area contributed by atoms with Crippen LogP contribution in [0.25, 0.3) is 10.8 Å². The van der Waals surface area contributed by atoms with E-state index in [1.165, 1.54) is 11.3 Å². The van der Waals surface area contributed by atoms with Gasteiger partial charge in [0.15, 0.2) is 4.34 Å². The van der Waals surface area contributed by atoms with Gasteiger partial charge in [0, 0.05) is 5.75 Å². The van der Waals surface area contributed by atoms with Crippen molar-refractivity contribution in [3.05, 3.63) is 36.4 Å². The number of thioether (sulfide) groups is 1. The molecule has 0 atom stereocenters. The van der Waals surface area contributed by atoms with Gasteiger partial charge in [-0.1, -0.05) is 49.1 Å². The van der Waals surface area contributed by atoms with Gasteiger partial charge in [-0.05, 0) is 41.0 Å². The molecule has 2 aromatic carbocycles. The highest BCUT2D eigenvalue weighted by molar-refractivity contribution is 8.01. The summed E-state index contributed by atoms with van der Waals surface area (Å²) in [4.78, 5) is 0.182. The molecule has 0 aliphatic rings. The minimum absolute atomic E-state index is 0.182. The summed E-state index contributed by atoms with van der Waals surface area (Å²) in [5.41, 5.74) is 0. The number of sulfonamides is 1. The lowest BCUT2D eigenvalue weighted by molar-refractivity contribution is 0.415. The zero-order chi connectivity index (χ0) is 18.7. The number of benzene rings is 2. The van der Waals surface area contributed by atoms with Crippen LogP contribution in [-0.2, 0) is 10.0 Å². The lowest BCUT2D eigenvalue weighted by atomic mass is 10.1. The van der Waals surface area contributed by atoms with Crippen LogP contribution in [0.1, 0.15) is 13.8 Å². The monoisotopic (exact) mass is 409 g/mol. The van der Waals surface area contributed by atoms with E-state index in [9.17, 15) is 8.42 Å². The molecule has 6 nitrogen and oxygen atoms in total. The molecule has 0 saturated carbocycles. The van der Waals surface area contributed by atoms with Crippen LogP contribution in [0.3, 0.4) is 0 Å². The van der Waals surface area contributed by atoms with Crippen molar-refractivity contribution in [2.75, 3.05) is 17.6 Å². The van der Waals surface area contributed by atoms with Crippen molar-refractivity contribution in [2.24, 2.45) is 5.92 Å². The number of nitrogens with one attached hydrogen (secondary N) is 1. The van der Waals surface area contributed by atoms with Crippen LogP contribution in [0.15, 0.2) is 45.6 Å². The molecule has 1 aromatic heterocycles. The van der Waals surface area contributed by atoms with Crippen molar-refractivity contribution >= 4 is 49.0 Å². The van der Waals surface area contributed by atoms with Gasteiger partial charge in [0.1, 0.15) is 5.75 Å².